The predicted octanol–water partition coefficient (Wildman–Crippen LogP) is 3.42. The van der Waals surface area contributed by atoms with E-state index in [0.717, 1.165) is 43.5 Å². The maximum Gasteiger partial charge on any atom is 0.228 e. The van der Waals surface area contributed by atoms with E-state index in [0.29, 0.717) is 5.52 Å². The zero-order chi connectivity index (χ0) is 13.4. The van der Waals surface area contributed by atoms with Crippen LogP contribution in [0.4, 0.5) is 0 Å². The van der Waals surface area contributed by atoms with Crippen molar-refractivity contribution >= 4 is 26.8 Å². The van der Waals surface area contributed by atoms with Gasteiger partial charge in [-0.25, -0.2) is 0 Å². The lowest BCUT2D eigenvalue weighted by atomic mass is 10.0. The molecule has 2 rings (SSSR count). The van der Waals surface area contributed by atoms with E-state index in [1.807, 2.05) is 19.9 Å². The fourth-order valence-electron chi connectivity index (χ4n) is 2.35. The number of pyridine rings is 1. The summed E-state index contributed by atoms with van der Waals surface area (Å²) in [5.74, 6) is 0.761. The van der Waals surface area contributed by atoms with Crippen molar-refractivity contribution in [2.45, 2.75) is 27.2 Å². The first kappa shape index (κ1) is 13.1. The number of aromatic nitrogens is 1. The maximum atomic E-state index is 12.1. The molecule has 0 aliphatic heterocycles. The molecule has 0 aliphatic rings. The molecule has 18 heavy (non-hydrogen) atoms. The SMILES string of the molecule is CCc1c[n+]([O-])c2c(C)cc(OC)c(Br)c2c1C. The topological polar surface area (TPSA) is 36.2 Å². The molecule has 0 unspecified atom stereocenters. The number of benzene rings is 1. The zero-order valence-corrected chi connectivity index (χ0v) is 12.6. The number of fused-ring (bicyclic) bond motifs is 1. The number of hydrogen-bond acceptors (Lipinski definition) is 2. The normalized spacial score (nSPS) is 10.9. The molecule has 2 aromatic rings. The average Bonchev–Trinajstić information content (AvgIpc) is 2.35. The monoisotopic (exact) mass is 309 g/mol. The van der Waals surface area contributed by atoms with E-state index in [2.05, 4.69) is 22.9 Å². The van der Waals surface area contributed by atoms with Crippen LogP contribution in [-0.2, 0) is 6.42 Å². The van der Waals surface area contributed by atoms with Crippen molar-refractivity contribution in [2.24, 2.45) is 0 Å². The lowest BCUT2D eigenvalue weighted by molar-refractivity contribution is -0.577. The lowest BCUT2D eigenvalue weighted by Crippen LogP contribution is -2.29. The van der Waals surface area contributed by atoms with Gasteiger partial charge in [0.25, 0.3) is 0 Å². The molecule has 0 fully saturated rings. The summed E-state index contributed by atoms with van der Waals surface area (Å²) in [6, 6.07) is 1.88. The largest absolute Gasteiger partial charge is 0.618 e. The number of methoxy groups -OCH3 is 1. The summed E-state index contributed by atoms with van der Waals surface area (Å²) in [6.07, 6.45) is 2.51. The van der Waals surface area contributed by atoms with E-state index >= 15 is 0 Å². The van der Waals surface area contributed by atoms with E-state index < -0.39 is 0 Å². The van der Waals surface area contributed by atoms with E-state index in [4.69, 9.17) is 4.74 Å². The minimum absolute atomic E-state index is 0.706. The van der Waals surface area contributed by atoms with E-state index in [-0.39, 0.29) is 0 Å². The van der Waals surface area contributed by atoms with Gasteiger partial charge in [0.2, 0.25) is 5.52 Å². The highest BCUT2D eigenvalue weighted by atomic mass is 79.9. The van der Waals surface area contributed by atoms with Crippen LogP contribution in [0.5, 0.6) is 5.75 Å². The second-order valence-corrected chi connectivity index (χ2v) is 5.18. The van der Waals surface area contributed by atoms with Crippen molar-refractivity contribution in [3.8, 4) is 5.75 Å². The molecule has 0 amide bonds. The summed E-state index contributed by atoms with van der Waals surface area (Å²) in [5.41, 5.74) is 3.82. The number of ether oxygens (including phenoxy) is 1. The molecule has 3 nitrogen and oxygen atoms in total. The third-order valence-corrected chi connectivity index (χ3v) is 4.13. The first-order valence-electron chi connectivity index (χ1n) is 5.89. The Morgan fingerprint density at radius 1 is 1.39 bits per heavy atom. The number of halogens is 1. The van der Waals surface area contributed by atoms with Gasteiger partial charge in [0.15, 0.2) is 6.20 Å². The first-order valence-corrected chi connectivity index (χ1v) is 6.69. The molecule has 0 saturated heterocycles. The van der Waals surface area contributed by atoms with Crippen LogP contribution in [0.2, 0.25) is 0 Å². The van der Waals surface area contributed by atoms with Crippen LogP contribution < -0.4 is 9.47 Å². The second kappa shape index (κ2) is 4.76. The van der Waals surface area contributed by atoms with Gasteiger partial charge in [-0.15, -0.1) is 0 Å². The fraction of sp³-hybridized carbons (Fsp3) is 0.357. The van der Waals surface area contributed by atoms with Crippen molar-refractivity contribution < 1.29 is 9.47 Å². The highest BCUT2D eigenvalue weighted by Gasteiger charge is 2.19. The van der Waals surface area contributed by atoms with Crippen LogP contribution in [0, 0.1) is 19.1 Å². The molecular weight excluding hydrogens is 294 g/mol. The Balaban J connectivity index is 3.01. The molecule has 96 valence electrons. The molecular formula is C14H16BrNO2. The van der Waals surface area contributed by atoms with Crippen LogP contribution in [0.1, 0.15) is 23.6 Å². The Morgan fingerprint density at radius 3 is 2.61 bits per heavy atom. The summed E-state index contributed by atoms with van der Waals surface area (Å²) in [4.78, 5) is 0. The molecule has 0 atom stereocenters. The second-order valence-electron chi connectivity index (χ2n) is 4.39. The van der Waals surface area contributed by atoms with Gasteiger partial charge in [0, 0.05) is 11.1 Å². The molecule has 1 heterocycles. The van der Waals surface area contributed by atoms with Crippen molar-refractivity contribution in [3.05, 3.63) is 38.6 Å². The summed E-state index contributed by atoms with van der Waals surface area (Å²) in [7, 11) is 1.63. The molecule has 0 saturated carbocycles. The molecule has 0 N–H and O–H groups in total. The van der Waals surface area contributed by atoms with Crippen molar-refractivity contribution in [1.82, 2.24) is 0 Å². The smallest absolute Gasteiger partial charge is 0.228 e. The number of hydrogen-bond donors (Lipinski definition) is 0. The van der Waals surface area contributed by atoms with E-state index in [1.54, 1.807) is 13.3 Å². The van der Waals surface area contributed by atoms with E-state index in [9.17, 15) is 5.21 Å². The Hall–Kier alpha value is -1.29. The van der Waals surface area contributed by atoms with Crippen LogP contribution >= 0.6 is 15.9 Å². The van der Waals surface area contributed by atoms with E-state index in [1.165, 1.54) is 0 Å². The van der Waals surface area contributed by atoms with Gasteiger partial charge in [0.05, 0.1) is 17.0 Å². The standard InChI is InChI=1S/C14H16BrNO2/c1-5-10-7-16(17)14-8(2)6-11(18-4)13(15)12(14)9(10)3/h6-7H,5H2,1-4H3. The molecule has 1 aromatic heterocycles. The third-order valence-electron chi connectivity index (χ3n) is 3.34. The van der Waals surface area contributed by atoms with Crippen LogP contribution in [0.3, 0.4) is 0 Å². The number of rotatable bonds is 2. The molecule has 0 aliphatic carbocycles. The Bertz CT molecular complexity index is 572. The predicted molar refractivity (Wildman–Crippen MR) is 76.0 cm³/mol. The van der Waals surface area contributed by atoms with Gasteiger partial charge in [-0.3, -0.25) is 0 Å². The van der Waals surface area contributed by atoms with Crippen LogP contribution in [0.25, 0.3) is 10.9 Å². The van der Waals surface area contributed by atoms with Gasteiger partial charge in [-0.05, 0) is 47.8 Å². The Labute approximate surface area is 115 Å². The fourth-order valence-corrected chi connectivity index (χ4v) is 3.11. The van der Waals surface area contributed by atoms with Crippen molar-refractivity contribution in [2.75, 3.05) is 7.11 Å². The zero-order valence-electron chi connectivity index (χ0n) is 11.0. The van der Waals surface area contributed by atoms with Gasteiger partial charge >= 0.3 is 0 Å². The number of nitrogens with zero attached hydrogens (tertiary/aromatic N) is 1. The molecule has 0 bridgehead atoms. The summed E-state index contributed by atoms with van der Waals surface area (Å²) >= 11 is 3.55. The van der Waals surface area contributed by atoms with Gasteiger partial charge < -0.3 is 9.94 Å². The lowest BCUT2D eigenvalue weighted by Gasteiger charge is -2.14. The minimum atomic E-state index is 0.706. The molecule has 0 spiro atoms. The number of aryl methyl sites for hydroxylation is 3. The molecule has 4 heteroatoms. The quantitative estimate of drug-likeness (QED) is 0.629. The third kappa shape index (κ3) is 1.85. The van der Waals surface area contributed by atoms with Gasteiger partial charge in [0.1, 0.15) is 5.75 Å². The molecule has 0 radical (unpaired) electrons. The van der Waals surface area contributed by atoms with Gasteiger partial charge in [-0.2, -0.15) is 4.73 Å². The Morgan fingerprint density at radius 2 is 2.06 bits per heavy atom. The summed E-state index contributed by atoms with van der Waals surface area (Å²) in [5, 5.41) is 13.1. The average molecular weight is 310 g/mol. The van der Waals surface area contributed by atoms with Crippen molar-refractivity contribution in [3.63, 3.8) is 0 Å². The molecule has 1 aromatic carbocycles. The maximum absolute atomic E-state index is 12.1. The highest BCUT2D eigenvalue weighted by molar-refractivity contribution is 9.10. The van der Waals surface area contributed by atoms with Gasteiger partial charge in [-0.1, -0.05) is 6.92 Å². The summed E-state index contributed by atoms with van der Waals surface area (Å²) < 4.78 is 7.15. The first-order chi connectivity index (χ1) is 8.51. The van der Waals surface area contributed by atoms with Crippen LogP contribution in [0.15, 0.2) is 16.7 Å². The van der Waals surface area contributed by atoms with Crippen molar-refractivity contribution in [1.29, 1.82) is 0 Å². The Kier molecular flexibility index (Phi) is 3.48. The summed E-state index contributed by atoms with van der Waals surface area (Å²) in [6.45, 7) is 6.02. The minimum Gasteiger partial charge on any atom is -0.618 e. The highest BCUT2D eigenvalue weighted by Crippen LogP contribution is 2.36. The van der Waals surface area contributed by atoms with Crippen LogP contribution in [-0.4, -0.2) is 7.11 Å².